The first kappa shape index (κ1) is 22.8. The maximum atomic E-state index is 12.3. The molecule has 0 radical (unpaired) electrons. The fourth-order valence-electron chi connectivity index (χ4n) is 4.50. The lowest BCUT2D eigenvalue weighted by molar-refractivity contribution is -0.144. The molecule has 1 aliphatic carbocycles. The highest BCUT2D eigenvalue weighted by atomic mass is 16.5. The van der Waals surface area contributed by atoms with Crippen molar-refractivity contribution in [1.82, 2.24) is 10.6 Å². The van der Waals surface area contributed by atoms with E-state index in [2.05, 4.69) is 34.9 Å². The summed E-state index contributed by atoms with van der Waals surface area (Å²) in [5.41, 5.74) is 4.62. The van der Waals surface area contributed by atoms with Crippen molar-refractivity contribution in [2.75, 3.05) is 13.2 Å². The Bertz CT molecular complexity index is 994. The Morgan fingerprint density at radius 3 is 2.30 bits per heavy atom. The Morgan fingerprint density at radius 1 is 1.06 bits per heavy atom. The second kappa shape index (κ2) is 10.0. The minimum absolute atomic E-state index is 0.0142. The summed E-state index contributed by atoms with van der Waals surface area (Å²) < 4.78 is 11.2. The molecular formula is C25H28N2O6. The monoisotopic (exact) mass is 452 g/mol. The van der Waals surface area contributed by atoms with Crippen LogP contribution < -0.4 is 10.6 Å². The Kier molecular flexibility index (Phi) is 6.93. The molecule has 4 rings (SSSR count). The van der Waals surface area contributed by atoms with Gasteiger partial charge in [0.05, 0.1) is 6.10 Å². The SMILES string of the molecule is CC[C@@H](NC(=O)C1CCC(CNC(=O)OCC2c3ccccc3-c3ccccc32)O1)C(=O)O. The van der Waals surface area contributed by atoms with Crippen molar-refractivity contribution >= 4 is 18.0 Å². The van der Waals surface area contributed by atoms with Crippen LogP contribution in [0.4, 0.5) is 4.79 Å². The lowest BCUT2D eigenvalue weighted by Gasteiger charge is -2.18. The largest absolute Gasteiger partial charge is 0.480 e. The average molecular weight is 453 g/mol. The number of carboxylic acid groups (broad SMARTS) is 1. The van der Waals surface area contributed by atoms with E-state index >= 15 is 0 Å². The first-order valence-corrected chi connectivity index (χ1v) is 11.3. The number of carbonyl (C=O) groups is 3. The molecule has 0 saturated carbocycles. The van der Waals surface area contributed by atoms with Gasteiger partial charge in [0, 0.05) is 12.5 Å². The highest BCUT2D eigenvalue weighted by Crippen LogP contribution is 2.44. The van der Waals surface area contributed by atoms with E-state index in [0.717, 1.165) is 11.1 Å². The van der Waals surface area contributed by atoms with Crippen molar-refractivity contribution in [3.63, 3.8) is 0 Å². The maximum absolute atomic E-state index is 12.3. The quantitative estimate of drug-likeness (QED) is 0.567. The van der Waals surface area contributed by atoms with Crippen molar-refractivity contribution in [2.24, 2.45) is 0 Å². The molecule has 0 bridgehead atoms. The normalized spacial score (nSPS) is 19.9. The molecule has 0 aromatic heterocycles. The van der Waals surface area contributed by atoms with Gasteiger partial charge in [-0.25, -0.2) is 9.59 Å². The van der Waals surface area contributed by atoms with E-state index in [1.165, 1.54) is 11.1 Å². The van der Waals surface area contributed by atoms with Gasteiger partial charge in [0.15, 0.2) is 0 Å². The van der Waals surface area contributed by atoms with Crippen molar-refractivity contribution in [1.29, 1.82) is 0 Å². The number of ether oxygens (including phenoxy) is 2. The van der Waals surface area contributed by atoms with E-state index in [-0.39, 0.29) is 25.2 Å². The maximum Gasteiger partial charge on any atom is 0.407 e. The fraction of sp³-hybridized carbons (Fsp3) is 0.400. The van der Waals surface area contributed by atoms with Gasteiger partial charge in [-0.2, -0.15) is 0 Å². The molecule has 33 heavy (non-hydrogen) atoms. The summed E-state index contributed by atoms with van der Waals surface area (Å²) in [6, 6.07) is 15.3. The van der Waals surface area contributed by atoms with Gasteiger partial charge < -0.3 is 25.2 Å². The number of rotatable bonds is 8. The van der Waals surface area contributed by atoms with Crippen LogP contribution >= 0.6 is 0 Å². The molecule has 0 spiro atoms. The number of aliphatic carboxylic acids is 1. The summed E-state index contributed by atoms with van der Waals surface area (Å²) in [4.78, 5) is 35.7. The molecular weight excluding hydrogens is 424 g/mol. The summed E-state index contributed by atoms with van der Waals surface area (Å²) in [6.07, 6.45) is -0.227. The summed E-state index contributed by atoms with van der Waals surface area (Å²) in [7, 11) is 0. The van der Waals surface area contributed by atoms with Crippen LogP contribution in [-0.2, 0) is 19.1 Å². The molecule has 8 nitrogen and oxygen atoms in total. The Balaban J connectivity index is 1.25. The van der Waals surface area contributed by atoms with Crippen LogP contribution in [-0.4, -0.2) is 54.5 Å². The Labute approximate surface area is 192 Å². The van der Waals surface area contributed by atoms with E-state index in [0.29, 0.717) is 19.3 Å². The predicted octanol–water partition coefficient (Wildman–Crippen LogP) is 3.05. The molecule has 2 aliphatic rings. The van der Waals surface area contributed by atoms with E-state index in [9.17, 15) is 14.4 Å². The number of carbonyl (C=O) groups excluding carboxylic acids is 2. The van der Waals surface area contributed by atoms with E-state index < -0.39 is 30.1 Å². The number of nitrogens with one attached hydrogen (secondary N) is 2. The highest BCUT2D eigenvalue weighted by molar-refractivity contribution is 5.86. The van der Waals surface area contributed by atoms with Crippen LogP contribution in [0.15, 0.2) is 48.5 Å². The van der Waals surface area contributed by atoms with Crippen molar-refractivity contribution in [3.8, 4) is 11.1 Å². The van der Waals surface area contributed by atoms with E-state index in [1.807, 2.05) is 24.3 Å². The molecule has 2 aromatic carbocycles. The minimum atomic E-state index is -1.07. The topological polar surface area (TPSA) is 114 Å². The molecule has 2 unspecified atom stereocenters. The number of fused-ring (bicyclic) bond motifs is 3. The molecule has 2 aromatic rings. The Hall–Kier alpha value is -3.39. The molecule has 1 fully saturated rings. The zero-order chi connectivity index (χ0) is 23.4. The van der Waals surface area contributed by atoms with Gasteiger partial charge in [-0.3, -0.25) is 4.79 Å². The fourth-order valence-corrected chi connectivity index (χ4v) is 4.50. The standard InChI is InChI=1S/C25H28N2O6/c1-2-21(24(29)30)27-23(28)22-12-11-15(33-22)13-26-25(31)32-14-20-18-9-5-3-7-16(18)17-8-4-6-10-19(17)20/h3-10,15,20-22H,2,11-14H2,1H3,(H,26,31)(H,27,28)(H,29,30)/t15?,21-,22?/m1/s1. The predicted molar refractivity (Wildman–Crippen MR) is 121 cm³/mol. The van der Waals surface area contributed by atoms with Gasteiger partial charge in [0.1, 0.15) is 18.8 Å². The average Bonchev–Trinajstić information content (AvgIpc) is 3.42. The van der Waals surface area contributed by atoms with E-state index in [1.54, 1.807) is 6.92 Å². The van der Waals surface area contributed by atoms with Gasteiger partial charge in [0.2, 0.25) is 5.91 Å². The lowest BCUT2D eigenvalue weighted by atomic mass is 9.98. The third kappa shape index (κ3) is 5.01. The third-order valence-electron chi connectivity index (χ3n) is 6.24. The van der Waals surface area contributed by atoms with Gasteiger partial charge in [-0.1, -0.05) is 55.5 Å². The van der Waals surface area contributed by atoms with Crippen LogP contribution in [0.1, 0.15) is 43.2 Å². The molecule has 2 amide bonds. The number of benzene rings is 2. The summed E-state index contributed by atoms with van der Waals surface area (Å²) in [5.74, 6) is -1.52. The van der Waals surface area contributed by atoms with E-state index in [4.69, 9.17) is 14.6 Å². The molecule has 1 heterocycles. The zero-order valence-corrected chi connectivity index (χ0v) is 18.5. The summed E-state index contributed by atoms with van der Waals surface area (Å²) in [6.45, 7) is 2.14. The van der Waals surface area contributed by atoms with Crippen LogP contribution in [0, 0.1) is 0 Å². The summed E-state index contributed by atoms with van der Waals surface area (Å²) >= 11 is 0. The first-order valence-electron chi connectivity index (χ1n) is 11.3. The third-order valence-corrected chi connectivity index (χ3v) is 6.24. The first-order chi connectivity index (χ1) is 16.0. The second-order valence-electron chi connectivity index (χ2n) is 8.34. The van der Waals surface area contributed by atoms with Gasteiger partial charge in [0.25, 0.3) is 0 Å². The minimum Gasteiger partial charge on any atom is -0.480 e. The lowest BCUT2D eigenvalue weighted by Crippen LogP contribution is -2.45. The smallest absolute Gasteiger partial charge is 0.407 e. The van der Waals surface area contributed by atoms with Gasteiger partial charge in [-0.15, -0.1) is 0 Å². The van der Waals surface area contributed by atoms with Crippen molar-refractivity contribution < 1.29 is 29.0 Å². The molecule has 3 N–H and O–H groups in total. The zero-order valence-electron chi connectivity index (χ0n) is 18.5. The van der Waals surface area contributed by atoms with Crippen molar-refractivity contribution in [2.45, 2.75) is 50.4 Å². The number of amides is 2. The Morgan fingerprint density at radius 2 is 1.70 bits per heavy atom. The molecule has 1 saturated heterocycles. The molecule has 3 atom stereocenters. The van der Waals surface area contributed by atoms with Crippen LogP contribution in [0.2, 0.25) is 0 Å². The van der Waals surface area contributed by atoms with Crippen LogP contribution in [0.3, 0.4) is 0 Å². The molecule has 1 aliphatic heterocycles. The molecule has 8 heteroatoms. The number of hydrogen-bond donors (Lipinski definition) is 3. The number of hydrogen-bond acceptors (Lipinski definition) is 5. The van der Waals surface area contributed by atoms with Gasteiger partial charge in [-0.05, 0) is 41.5 Å². The molecule has 174 valence electrons. The second-order valence-corrected chi connectivity index (χ2v) is 8.34. The highest BCUT2D eigenvalue weighted by Gasteiger charge is 2.33. The van der Waals surface area contributed by atoms with Crippen LogP contribution in [0.25, 0.3) is 11.1 Å². The summed E-state index contributed by atoms with van der Waals surface area (Å²) in [5, 5.41) is 14.3. The van der Waals surface area contributed by atoms with Crippen molar-refractivity contribution in [3.05, 3.63) is 59.7 Å². The number of carboxylic acids is 1. The van der Waals surface area contributed by atoms with Crippen LogP contribution in [0.5, 0.6) is 0 Å². The van der Waals surface area contributed by atoms with Gasteiger partial charge >= 0.3 is 12.1 Å². The number of alkyl carbamates (subject to hydrolysis) is 1.